The number of nitrogens with one attached hydrogen (secondary N) is 2. The van der Waals surface area contributed by atoms with E-state index in [0.717, 1.165) is 11.1 Å². The van der Waals surface area contributed by atoms with Crippen LogP contribution in [0.15, 0.2) is 64.5 Å². The lowest BCUT2D eigenvalue weighted by Crippen LogP contribution is -2.27. The highest BCUT2D eigenvalue weighted by atomic mass is 35.5. The summed E-state index contributed by atoms with van der Waals surface area (Å²) in [6.07, 6.45) is 0.715. The molecule has 0 radical (unpaired) electrons. The Balaban J connectivity index is 1.42. The van der Waals surface area contributed by atoms with E-state index in [1.54, 1.807) is 6.07 Å². The number of nitrogens with zero attached hydrogens (tertiary/aromatic N) is 3. The largest absolute Gasteiger partial charge is 0.355 e. The summed E-state index contributed by atoms with van der Waals surface area (Å²) in [6, 6.07) is 17.4. The summed E-state index contributed by atoms with van der Waals surface area (Å²) in [6.45, 7) is 4.80. The van der Waals surface area contributed by atoms with E-state index in [1.165, 1.54) is 21.8 Å². The third kappa shape index (κ3) is 5.64. The van der Waals surface area contributed by atoms with Crippen molar-refractivity contribution in [2.75, 3.05) is 12.3 Å². The van der Waals surface area contributed by atoms with Crippen LogP contribution in [0.25, 0.3) is 16.8 Å². The van der Waals surface area contributed by atoms with Crippen LogP contribution in [0, 0.1) is 0 Å². The Hall–Kier alpha value is -3.10. The minimum Gasteiger partial charge on any atom is -0.355 e. The van der Waals surface area contributed by atoms with Gasteiger partial charge in [0.2, 0.25) is 11.1 Å². The highest BCUT2D eigenvalue weighted by molar-refractivity contribution is 7.99. The van der Waals surface area contributed by atoms with Crippen LogP contribution in [-0.2, 0) is 11.2 Å². The first kappa shape index (κ1) is 23.1. The number of halogens is 1. The number of hydrogen-bond acceptors (Lipinski definition) is 5. The van der Waals surface area contributed by atoms with Crippen molar-refractivity contribution >= 4 is 34.8 Å². The second-order valence-electron chi connectivity index (χ2n) is 7.95. The van der Waals surface area contributed by atoms with Crippen molar-refractivity contribution in [3.8, 4) is 11.3 Å². The molecule has 0 fully saturated rings. The molecule has 1 amide bonds. The predicted octanol–water partition coefficient (Wildman–Crippen LogP) is 4.31. The Morgan fingerprint density at radius 1 is 1.15 bits per heavy atom. The molecule has 2 aromatic heterocycles. The molecule has 33 heavy (non-hydrogen) atoms. The highest BCUT2D eigenvalue weighted by Crippen LogP contribution is 2.24. The van der Waals surface area contributed by atoms with E-state index in [9.17, 15) is 9.59 Å². The van der Waals surface area contributed by atoms with Gasteiger partial charge in [-0.2, -0.15) is 5.10 Å². The predicted molar refractivity (Wildman–Crippen MR) is 132 cm³/mol. The van der Waals surface area contributed by atoms with Gasteiger partial charge in [0, 0.05) is 17.1 Å². The molecule has 2 N–H and O–H groups in total. The van der Waals surface area contributed by atoms with Crippen molar-refractivity contribution in [2.45, 2.75) is 31.3 Å². The van der Waals surface area contributed by atoms with Crippen LogP contribution in [0.1, 0.15) is 30.9 Å². The van der Waals surface area contributed by atoms with Crippen LogP contribution in [0.2, 0.25) is 5.02 Å². The Bertz CT molecular complexity index is 1310. The lowest BCUT2D eigenvalue weighted by Gasteiger charge is -2.06. The molecule has 0 aliphatic rings. The number of hydrogen-bond donors (Lipinski definition) is 2. The van der Waals surface area contributed by atoms with Crippen LogP contribution in [-0.4, -0.2) is 38.0 Å². The summed E-state index contributed by atoms with van der Waals surface area (Å²) in [7, 11) is 0. The van der Waals surface area contributed by atoms with Crippen LogP contribution in [0.4, 0.5) is 0 Å². The van der Waals surface area contributed by atoms with Crippen molar-refractivity contribution in [1.82, 2.24) is 25.1 Å². The first-order valence-corrected chi connectivity index (χ1v) is 12.0. The van der Waals surface area contributed by atoms with Gasteiger partial charge in [-0.1, -0.05) is 73.6 Å². The van der Waals surface area contributed by atoms with Crippen molar-refractivity contribution in [2.24, 2.45) is 0 Å². The molecule has 0 saturated heterocycles. The number of carbonyl (C=O) groups excluding carboxylic acids is 1. The molecule has 4 aromatic rings. The monoisotopic (exact) mass is 481 g/mol. The van der Waals surface area contributed by atoms with Crippen LogP contribution in [0.5, 0.6) is 0 Å². The molecule has 0 atom stereocenters. The number of aromatic nitrogens is 4. The Kier molecular flexibility index (Phi) is 7.15. The highest BCUT2D eigenvalue weighted by Gasteiger charge is 2.14. The lowest BCUT2D eigenvalue weighted by molar-refractivity contribution is -0.118. The van der Waals surface area contributed by atoms with Gasteiger partial charge in [0.25, 0.3) is 5.56 Å². The number of benzene rings is 2. The van der Waals surface area contributed by atoms with Gasteiger partial charge in [0.15, 0.2) is 0 Å². The zero-order valence-electron chi connectivity index (χ0n) is 18.3. The minimum atomic E-state index is -0.329. The molecular weight excluding hydrogens is 458 g/mol. The first-order valence-electron chi connectivity index (χ1n) is 10.6. The third-order valence-electron chi connectivity index (χ3n) is 5.23. The molecule has 0 unspecified atom stereocenters. The van der Waals surface area contributed by atoms with E-state index in [1.807, 2.05) is 36.4 Å². The van der Waals surface area contributed by atoms with Crippen molar-refractivity contribution < 1.29 is 4.79 Å². The molecule has 0 spiro atoms. The van der Waals surface area contributed by atoms with Crippen LogP contribution < -0.4 is 10.9 Å². The third-order valence-corrected chi connectivity index (χ3v) is 6.41. The van der Waals surface area contributed by atoms with Gasteiger partial charge in [0.1, 0.15) is 5.52 Å². The normalized spacial score (nSPS) is 11.3. The molecule has 2 aromatic carbocycles. The number of amides is 1. The maximum Gasteiger partial charge on any atom is 0.290 e. The average Bonchev–Trinajstić information content (AvgIpc) is 3.27. The fourth-order valence-corrected chi connectivity index (χ4v) is 4.20. The number of thioether (sulfide) groups is 1. The molecule has 0 saturated carbocycles. The minimum absolute atomic E-state index is 0.119. The first-order chi connectivity index (χ1) is 15.9. The van der Waals surface area contributed by atoms with E-state index in [2.05, 4.69) is 46.6 Å². The average molecular weight is 482 g/mol. The molecule has 7 nitrogen and oxygen atoms in total. The van der Waals surface area contributed by atoms with Gasteiger partial charge in [-0.3, -0.25) is 9.59 Å². The van der Waals surface area contributed by atoms with Gasteiger partial charge >= 0.3 is 0 Å². The smallest absolute Gasteiger partial charge is 0.290 e. The molecule has 2 heterocycles. The second kappa shape index (κ2) is 10.2. The molecule has 4 rings (SSSR count). The van der Waals surface area contributed by atoms with E-state index in [4.69, 9.17) is 11.6 Å². The summed E-state index contributed by atoms with van der Waals surface area (Å²) in [5.41, 5.74) is 3.99. The van der Waals surface area contributed by atoms with Crippen LogP contribution in [0.3, 0.4) is 0 Å². The molecular formula is C24H24ClN5O2S. The maximum atomic E-state index is 12.3. The Morgan fingerprint density at radius 3 is 2.58 bits per heavy atom. The zero-order chi connectivity index (χ0) is 23.4. The van der Waals surface area contributed by atoms with E-state index in [-0.39, 0.29) is 17.2 Å². The van der Waals surface area contributed by atoms with Gasteiger partial charge < -0.3 is 5.32 Å². The summed E-state index contributed by atoms with van der Waals surface area (Å²) in [5.74, 6) is 0.479. The van der Waals surface area contributed by atoms with Crippen molar-refractivity contribution in [3.05, 3.63) is 81.1 Å². The molecule has 170 valence electrons. The Labute approximate surface area is 200 Å². The molecule has 9 heteroatoms. The topological polar surface area (TPSA) is 92.1 Å². The molecule has 0 aliphatic carbocycles. The summed E-state index contributed by atoms with van der Waals surface area (Å²) < 4.78 is 1.50. The summed E-state index contributed by atoms with van der Waals surface area (Å²) in [5, 5.41) is 15.2. The maximum absolute atomic E-state index is 12.3. The van der Waals surface area contributed by atoms with E-state index in [0.29, 0.717) is 40.3 Å². The van der Waals surface area contributed by atoms with E-state index < -0.39 is 0 Å². The zero-order valence-corrected chi connectivity index (χ0v) is 19.9. The fourth-order valence-electron chi connectivity index (χ4n) is 3.34. The van der Waals surface area contributed by atoms with Crippen molar-refractivity contribution in [3.63, 3.8) is 0 Å². The summed E-state index contributed by atoms with van der Waals surface area (Å²) >= 11 is 7.11. The SMILES string of the molecule is CC(C)c1ccc(-c2cc3c(=O)[nH]nc(SCC(=O)NCCc4ccc(Cl)cc4)n3n2)cc1. The van der Waals surface area contributed by atoms with E-state index >= 15 is 0 Å². The molecule has 0 aliphatic heterocycles. The number of carbonyl (C=O) groups is 1. The lowest BCUT2D eigenvalue weighted by atomic mass is 10.0. The number of rotatable bonds is 8. The summed E-state index contributed by atoms with van der Waals surface area (Å²) in [4.78, 5) is 24.6. The quantitative estimate of drug-likeness (QED) is 0.366. The van der Waals surface area contributed by atoms with Gasteiger partial charge in [-0.15, -0.1) is 5.10 Å². The van der Waals surface area contributed by atoms with Gasteiger partial charge in [0.05, 0.1) is 11.4 Å². The standard InChI is InChI=1S/C24H24ClN5O2S/c1-15(2)17-5-7-18(8-6-17)20-13-21-23(32)27-28-24(30(21)29-20)33-14-22(31)26-12-11-16-3-9-19(25)10-4-16/h3-10,13,15H,11-12,14H2,1-2H3,(H,26,31)(H,27,32). The number of aromatic amines is 1. The number of fused-ring (bicyclic) bond motifs is 1. The molecule has 0 bridgehead atoms. The fraction of sp³-hybridized carbons (Fsp3) is 0.250. The number of H-pyrrole nitrogens is 1. The van der Waals surface area contributed by atoms with Gasteiger partial charge in [-0.25, -0.2) is 9.61 Å². The van der Waals surface area contributed by atoms with Crippen LogP contribution >= 0.6 is 23.4 Å². The second-order valence-corrected chi connectivity index (χ2v) is 9.33. The van der Waals surface area contributed by atoms with Gasteiger partial charge in [-0.05, 0) is 41.7 Å². The van der Waals surface area contributed by atoms with Crippen molar-refractivity contribution in [1.29, 1.82) is 0 Å². The Morgan fingerprint density at radius 2 is 1.88 bits per heavy atom.